The van der Waals surface area contributed by atoms with Gasteiger partial charge in [0.05, 0.1) is 0 Å². The molecule has 0 spiro atoms. The quantitative estimate of drug-likeness (QED) is 0.797. The number of carbonyl (C=O) groups is 1. The van der Waals surface area contributed by atoms with Gasteiger partial charge in [-0.1, -0.05) is 0 Å². The van der Waals surface area contributed by atoms with Crippen molar-refractivity contribution in [1.29, 1.82) is 0 Å². The lowest BCUT2D eigenvalue weighted by atomic mass is 10.1. The predicted molar refractivity (Wildman–Crippen MR) is 66.1 cm³/mol. The van der Waals surface area contributed by atoms with E-state index in [-0.39, 0.29) is 5.69 Å². The van der Waals surface area contributed by atoms with E-state index in [9.17, 15) is 4.79 Å². The minimum absolute atomic E-state index is 0.202. The van der Waals surface area contributed by atoms with Gasteiger partial charge in [0.25, 0.3) is 0 Å². The summed E-state index contributed by atoms with van der Waals surface area (Å²) in [4.78, 5) is 15.0. The fourth-order valence-electron chi connectivity index (χ4n) is 1.58. The molecule has 0 saturated heterocycles. The molecule has 6 nitrogen and oxygen atoms in total. The highest BCUT2D eigenvalue weighted by Gasteiger charge is 2.25. The van der Waals surface area contributed by atoms with Gasteiger partial charge in [0.1, 0.15) is 11.3 Å². The topological polar surface area (TPSA) is 83.7 Å². The molecule has 0 amide bonds. The number of hydrogen-bond acceptors (Lipinski definition) is 4. The van der Waals surface area contributed by atoms with E-state index in [0.717, 1.165) is 11.1 Å². The monoisotopic (exact) mass is 248 g/mol. The maximum Gasteiger partial charge on any atom is 0.361 e. The van der Waals surface area contributed by atoms with E-state index in [2.05, 4.69) is 20.4 Å². The van der Waals surface area contributed by atoms with Crippen LogP contribution in [-0.2, 0) is 4.74 Å². The number of rotatable bonds is 2. The molecule has 0 bridgehead atoms. The Bertz CT molecular complexity index is 563. The average molecular weight is 248 g/mol. The van der Waals surface area contributed by atoms with Crippen LogP contribution in [0.5, 0.6) is 0 Å². The van der Waals surface area contributed by atoms with Gasteiger partial charge in [0.15, 0.2) is 5.69 Å². The molecular weight excluding hydrogens is 232 g/mol. The van der Waals surface area contributed by atoms with Gasteiger partial charge in [-0.3, -0.25) is 0 Å². The minimum atomic E-state index is -0.555. The fourth-order valence-corrected chi connectivity index (χ4v) is 1.58. The molecule has 96 valence electrons. The molecule has 0 aliphatic heterocycles. The van der Waals surface area contributed by atoms with Crippen LogP contribution in [-0.4, -0.2) is 32.0 Å². The van der Waals surface area contributed by atoms with E-state index in [0.29, 0.717) is 5.69 Å². The van der Waals surface area contributed by atoms with E-state index >= 15 is 0 Å². The number of ether oxygens (including phenoxy) is 1. The molecule has 2 heterocycles. The van der Waals surface area contributed by atoms with Crippen LogP contribution < -0.4 is 0 Å². The molecule has 6 heteroatoms. The Balaban J connectivity index is 2.34. The number of H-pyrrole nitrogens is 2. The van der Waals surface area contributed by atoms with Crippen LogP contribution in [0.3, 0.4) is 0 Å². The fraction of sp³-hybridized carbons (Fsp3) is 0.417. The highest BCUT2D eigenvalue weighted by molar-refractivity contribution is 5.94. The Morgan fingerprint density at radius 2 is 2.00 bits per heavy atom. The summed E-state index contributed by atoms with van der Waals surface area (Å²) in [5.41, 5.74) is 1.98. The summed E-state index contributed by atoms with van der Waals surface area (Å²) >= 11 is 0. The first-order valence-electron chi connectivity index (χ1n) is 5.66. The molecule has 0 atom stereocenters. The van der Waals surface area contributed by atoms with Crippen molar-refractivity contribution in [3.8, 4) is 11.3 Å². The van der Waals surface area contributed by atoms with Gasteiger partial charge in [-0.15, -0.1) is 5.10 Å². The van der Waals surface area contributed by atoms with Gasteiger partial charge in [-0.2, -0.15) is 10.3 Å². The molecular formula is C12H16N4O2. The van der Waals surface area contributed by atoms with E-state index < -0.39 is 11.6 Å². The number of nitrogens with zero attached hydrogens (tertiary/aromatic N) is 2. The highest BCUT2D eigenvalue weighted by Crippen LogP contribution is 2.24. The summed E-state index contributed by atoms with van der Waals surface area (Å²) in [7, 11) is 0. The Kier molecular flexibility index (Phi) is 2.94. The van der Waals surface area contributed by atoms with E-state index in [1.165, 1.54) is 0 Å². The van der Waals surface area contributed by atoms with Crippen LogP contribution >= 0.6 is 0 Å². The second-order valence-electron chi connectivity index (χ2n) is 5.07. The van der Waals surface area contributed by atoms with Crippen LogP contribution in [0, 0.1) is 6.92 Å². The van der Waals surface area contributed by atoms with Crippen molar-refractivity contribution in [2.45, 2.75) is 33.3 Å². The van der Waals surface area contributed by atoms with Gasteiger partial charge < -0.3 is 9.72 Å². The van der Waals surface area contributed by atoms with Crippen LogP contribution in [0.4, 0.5) is 0 Å². The summed E-state index contributed by atoms with van der Waals surface area (Å²) in [6.07, 6.45) is 3.62. The van der Waals surface area contributed by atoms with Gasteiger partial charge >= 0.3 is 5.97 Å². The van der Waals surface area contributed by atoms with Crippen molar-refractivity contribution in [1.82, 2.24) is 20.4 Å². The van der Waals surface area contributed by atoms with Crippen molar-refractivity contribution in [2.75, 3.05) is 0 Å². The third-order valence-corrected chi connectivity index (χ3v) is 2.35. The molecule has 0 radical (unpaired) electrons. The Hall–Kier alpha value is -2.11. The number of esters is 1. The summed E-state index contributed by atoms with van der Waals surface area (Å²) in [5.74, 6) is -0.480. The minimum Gasteiger partial charge on any atom is -0.455 e. The van der Waals surface area contributed by atoms with Crippen LogP contribution in [0.25, 0.3) is 11.3 Å². The number of hydrogen-bond donors (Lipinski definition) is 2. The van der Waals surface area contributed by atoms with E-state index in [1.807, 2.05) is 33.9 Å². The zero-order chi connectivity index (χ0) is 13.3. The highest BCUT2D eigenvalue weighted by atomic mass is 16.6. The van der Waals surface area contributed by atoms with E-state index in [1.54, 1.807) is 6.20 Å². The molecule has 2 aromatic heterocycles. The van der Waals surface area contributed by atoms with Crippen LogP contribution in [0.2, 0.25) is 0 Å². The Morgan fingerprint density at radius 3 is 2.56 bits per heavy atom. The molecule has 0 unspecified atom stereocenters. The first-order chi connectivity index (χ1) is 8.38. The maximum atomic E-state index is 12.0. The molecule has 2 rings (SSSR count). The standard InChI is InChI=1S/C12H16N4O2/c1-7-5-13-6-8(7)9-10(15-16-14-9)11(17)18-12(2,3)4/h5-6,13H,1-4H3,(H,14,15,16). The largest absolute Gasteiger partial charge is 0.455 e. The summed E-state index contributed by atoms with van der Waals surface area (Å²) in [5, 5.41) is 10.4. The van der Waals surface area contributed by atoms with Crippen LogP contribution in [0.1, 0.15) is 36.8 Å². The normalized spacial score (nSPS) is 11.6. The lowest BCUT2D eigenvalue weighted by Gasteiger charge is -2.18. The lowest BCUT2D eigenvalue weighted by molar-refractivity contribution is 0.00637. The molecule has 0 saturated carbocycles. The number of aromatic amines is 2. The molecule has 0 aliphatic carbocycles. The van der Waals surface area contributed by atoms with Crippen LogP contribution in [0.15, 0.2) is 12.4 Å². The first-order valence-corrected chi connectivity index (χ1v) is 5.66. The molecule has 0 aliphatic rings. The SMILES string of the molecule is Cc1c[nH]cc1-c1n[nH]nc1C(=O)OC(C)(C)C. The number of nitrogens with one attached hydrogen (secondary N) is 2. The molecule has 2 aromatic rings. The summed E-state index contributed by atoms with van der Waals surface area (Å²) < 4.78 is 5.29. The zero-order valence-electron chi connectivity index (χ0n) is 10.9. The number of aromatic nitrogens is 4. The summed E-state index contributed by atoms with van der Waals surface area (Å²) in [6.45, 7) is 7.37. The second-order valence-corrected chi connectivity index (χ2v) is 5.07. The van der Waals surface area contributed by atoms with Crippen molar-refractivity contribution >= 4 is 5.97 Å². The molecule has 2 N–H and O–H groups in total. The summed E-state index contributed by atoms with van der Waals surface area (Å²) in [6, 6.07) is 0. The predicted octanol–water partition coefficient (Wildman–Crippen LogP) is 2.06. The van der Waals surface area contributed by atoms with Crippen molar-refractivity contribution in [3.05, 3.63) is 23.7 Å². The first kappa shape index (κ1) is 12.3. The second kappa shape index (κ2) is 4.29. The van der Waals surface area contributed by atoms with Gasteiger partial charge in [-0.25, -0.2) is 4.79 Å². The molecule has 0 aromatic carbocycles. The number of aryl methyl sites for hydroxylation is 1. The Labute approximate surface area is 105 Å². The third kappa shape index (κ3) is 2.42. The van der Waals surface area contributed by atoms with Gasteiger partial charge in [0.2, 0.25) is 0 Å². The Morgan fingerprint density at radius 1 is 1.28 bits per heavy atom. The van der Waals surface area contributed by atoms with Crippen molar-refractivity contribution in [2.24, 2.45) is 0 Å². The van der Waals surface area contributed by atoms with Crippen molar-refractivity contribution < 1.29 is 9.53 Å². The van der Waals surface area contributed by atoms with Gasteiger partial charge in [-0.05, 0) is 33.3 Å². The molecule has 0 fully saturated rings. The average Bonchev–Trinajstić information content (AvgIpc) is 2.82. The molecule has 18 heavy (non-hydrogen) atoms. The maximum absolute atomic E-state index is 12.0. The van der Waals surface area contributed by atoms with Gasteiger partial charge in [0, 0.05) is 18.0 Å². The van der Waals surface area contributed by atoms with E-state index in [4.69, 9.17) is 4.74 Å². The van der Waals surface area contributed by atoms with Crippen molar-refractivity contribution in [3.63, 3.8) is 0 Å². The third-order valence-electron chi connectivity index (χ3n) is 2.35. The number of carbonyl (C=O) groups excluding carboxylic acids is 1. The lowest BCUT2D eigenvalue weighted by Crippen LogP contribution is -2.24. The smallest absolute Gasteiger partial charge is 0.361 e. The zero-order valence-corrected chi connectivity index (χ0v) is 10.9.